The summed E-state index contributed by atoms with van der Waals surface area (Å²) in [5.74, 6) is -0.782. The Morgan fingerprint density at radius 1 is 1.00 bits per heavy atom. The van der Waals surface area contributed by atoms with Crippen LogP contribution in [0.3, 0.4) is 0 Å². The zero-order valence-electron chi connectivity index (χ0n) is 22.9. The second kappa shape index (κ2) is 11.9. The maximum atomic E-state index is 12.9. The number of carbonyl (C=O) groups excluding carboxylic acids is 2. The summed E-state index contributed by atoms with van der Waals surface area (Å²) < 4.78 is 12.0. The van der Waals surface area contributed by atoms with Crippen molar-refractivity contribution in [1.82, 2.24) is 15.2 Å². The molecular formula is C31H32N4O5. The highest BCUT2D eigenvalue weighted by atomic mass is 16.6. The number of aryl methyl sites for hydroxylation is 1. The van der Waals surface area contributed by atoms with Crippen LogP contribution in [-0.2, 0) is 23.0 Å². The Hall–Kier alpha value is -4.84. The van der Waals surface area contributed by atoms with Gasteiger partial charge in [0.05, 0.1) is 24.0 Å². The number of nitriles is 1. The molecule has 0 spiro atoms. The molecule has 0 saturated heterocycles. The molecule has 0 aliphatic carbocycles. The van der Waals surface area contributed by atoms with Gasteiger partial charge in [0.1, 0.15) is 11.6 Å². The number of oxazole rings is 1. The van der Waals surface area contributed by atoms with Crippen molar-refractivity contribution in [3.05, 3.63) is 94.5 Å². The number of alkyl carbamates (subject to hydrolysis) is 1. The molecule has 0 aliphatic heterocycles. The quantitative estimate of drug-likeness (QED) is 0.324. The largest absolute Gasteiger partial charge is 0.444 e. The number of amides is 2. The molecule has 0 radical (unpaired) electrons. The number of nitrogens with zero attached hydrogens (tertiary/aromatic N) is 2. The molecule has 0 fully saturated rings. The maximum Gasteiger partial charge on any atom is 0.419 e. The lowest BCUT2D eigenvalue weighted by Gasteiger charge is -2.24. The van der Waals surface area contributed by atoms with E-state index in [1.54, 1.807) is 33.9 Å². The fourth-order valence-corrected chi connectivity index (χ4v) is 4.33. The van der Waals surface area contributed by atoms with Crippen molar-refractivity contribution in [2.24, 2.45) is 7.05 Å². The number of benzene rings is 3. The number of carbonyl (C=O) groups is 2. The van der Waals surface area contributed by atoms with Crippen LogP contribution in [0, 0.1) is 11.3 Å². The van der Waals surface area contributed by atoms with Crippen LogP contribution >= 0.6 is 0 Å². The zero-order chi connectivity index (χ0) is 28.9. The molecule has 9 heteroatoms. The van der Waals surface area contributed by atoms with Gasteiger partial charge in [-0.3, -0.25) is 9.36 Å². The monoisotopic (exact) mass is 540 g/mol. The Balaban J connectivity index is 1.41. The number of aromatic nitrogens is 1. The minimum atomic E-state index is -0.756. The predicted octanol–water partition coefficient (Wildman–Crippen LogP) is 5.01. The second-order valence-electron chi connectivity index (χ2n) is 10.6. The van der Waals surface area contributed by atoms with Crippen LogP contribution in [0.1, 0.15) is 44.4 Å². The Morgan fingerprint density at radius 3 is 2.33 bits per heavy atom. The molecule has 9 nitrogen and oxygen atoms in total. The summed E-state index contributed by atoms with van der Waals surface area (Å²) in [7, 11) is 1.66. The van der Waals surface area contributed by atoms with Gasteiger partial charge in [0.2, 0.25) is 5.91 Å². The van der Waals surface area contributed by atoms with Crippen LogP contribution in [0.4, 0.5) is 4.79 Å². The predicted molar refractivity (Wildman–Crippen MR) is 151 cm³/mol. The van der Waals surface area contributed by atoms with E-state index in [2.05, 4.69) is 16.7 Å². The highest BCUT2D eigenvalue weighted by molar-refractivity contribution is 5.81. The molecule has 1 unspecified atom stereocenters. The fourth-order valence-electron chi connectivity index (χ4n) is 4.33. The summed E-state index contributed by atoms with van der Waals surface area (Å²) in [5, 5.41) is 15.3. The summed E-state index contributed by atoms with van der Waals surface area (Å²) in [6.07, 6.45) is -0.368. The van der Waals surface area contributed by atoms with Gasteiger partial charge in [0, 0.05) is 13.5 Å². The van der Waals surface area contributed by atoms with E-state index >= 15 is 0 Å². The van der Waals surface area contributed by atoms with E-state index in [0.717, 1.165) is 22.3 Å². The standard InChI is InChI=1S/C31H32N4O5/c1-31(2,3)40-29(37)34-25(22-8-6-5-7-9-22)18-28(36)33-24(19-32)16-20-10-12-21(13-11-20)23-14-15-27-26(17-23)35(4)30(38)39-27/h5-15,17,24-25H,16,18H2,1-4H3,(H,33,36)(H,34,37)/t24-,25?/m0/s1. The van der Waals surface area contributed by atoms with Crippen LogP contribution in [0.25, 0.3) is 22.2 Å². The lowest BCUT2D eigenvalue weighted by atomic mass is 10.00. The van der Waals surface area contributed by atoms with E-state index in [-0.39, 0.29) is 12.3 Å². The van der Waals surface area contributed by atoms with Gasteiger partial charge in [-0.2, -0.15) is 5.26 Å². The lowest BCUT2D eigenvalue weighted by Crippen LogP contribution is -2.40. The molecule has 4 rings (SSSR count). The third-order valence-electron chi connectivity index (χ3n) is 6.29. The van der Waals surface area contributed by atoms with Gasteiger partial charge >= 0.3 is 11.8 Å². The number of hydrogen-bond donors (Lipinski definition) is 2. The third-order valence-corrected chi connectivity index (χ3v) is 6.29. The topological polar surface area (TPSA) is 126 Å². The van der Waals surface area contributed by atoms with Crippen LogP contribution in [0.5, 0.6) is 0 Å². The third kappa shape index (κ3) is 7.17. The number of fused-ring (bicyclic) bond motifs is 1. The minimum absolute atomic E-state index is 0.0562. The van der Waals surface area contributed by atoms with E-state index < -0.39 is 29.5 Å². The molecule has 2 amide bonds. The summed E-state index contributed by atoms with van der Waals surface area (Å²) >= 11 is 0. The van der Waals surface area contributed by atoms with Gasteiger partial charge in [-0.25, -0.2) is 9.59 Å². The smallest absolute Gasteiger partial charge is 0.419 e. The van der Waals surface area contributed by atoms with Gasteiger partial charge in [-0.05, 0) is 55.2 Å². The molecule has 0 aliphatic rings. The van der Waals surface area contributed by atoms with Crippen LogP contribution in [-0.4, -0.2) is 28.2 Å². The molecule has 206 valence electrons. The summed E-state index contributed by atoms with van der Waals surface area (Å²) in [4.78, 5) is 37.1. The van der Waals surface area contributed by atoms with E-state index in [1.807, 2.05) is 66.7 Å². The summed E-state index contributed by atoms with van der Waals surface area (Å²) in [5.41, 5.74) is 4.03. The van der Waals surface area contributed by atoms with Crippen LogP contribution in [0.2, 0.25) is 0 Å². The van der Waals surface area contributed by atoms with Crippen LogP contribution in [0.15, 0.2) is 82.0 Å². The van der Waals surface area contributed by atoms with Crippen molar-refractivity contribution < 1.29 is 18.7 Å². The van der Waals surface area contributed by atoms with Gasteiger partial charge in [-0.1, -0.05) is 60.7 Å². The molecule has 0 bridgehead atoms. The second-order valence-corrected chi connectivity index (χ2v) is 10.6. The molecule has 2 N–H and O–H groups in total. The number of rotatable bonds is 8. The SMILES string of the molecule is Cn1c(=O)oc2ccc(-c3ccc(C[C@@H](C#N)NC(=O)CC(NC(=O)OC(C)(C)C)c4ccccc4)cc3)cc21. The molecule has 1 aromatic heterocycles. The van der Waals surface area contributed by atoms with Crippen molar-refractivity contribution in [2.75, 3.05) is 0 Å². The van der Waals surface area contributed by atoms with Gasteiger partial charge in [-0.15, -0.1) is 0 Å². The Kier molecular flexibility index (Phi) is 8.39. The zero-order valence-corrected chi connectivity index (χ0v) is 22.9. The average molecular weight is 541 g/mol. The van der Waals surface area contributed by atoms with Crippen molar-refractivity contribution in [3.63, 3.8) is 0 Å². The van der Waals surface area contributed by atoms with Crippen molar-refractivity contribution >= 4 is 23.1 Å². The lowest BCUT2D eigenvalue weighted by molar-refractivity contribution is -0.122. The molecule has 3 aromatic carbocycles. The number of hydrogen-bond acceptors (Lipinski definition) is 6. The van der Waals surface area contributed by atoms with E-state index in [9.17, 15) is 19.6 Å². The Morgan fingerprint density at radius 2 is 1.68 bits per heavy atom. The molecule has 2 atom stereocenters. The van der Waals surface area contributed by atoms with Gasteiger partial charge in [0.15, 0.2) is 5.58 Å². The van der Waals surface area contributed by atoms with Crippen LogP contribution < -0.4 is 16.4 Å². The first-order valence-electron chi connectivity index (χ1n) is 12.9. The molecular weight excluding hydrogens is 508 g/mol. The molecule has 40 heavy (non-hydrogen) atoms. The van der Waals surface area contributed by atoms with Crippen molar-refractivity contribution in [3.8, 4) is 17.2 Å². The maximum absolute atomic E-state index is 12.9. The normalized spacial score (nSPS) is 12.8. The highest BCUT2D eigenvalue weighted by Gasteiger charge is 2.24. The first-order chi connectivity index (χ1) is 19.0. The molecule has 1 heterocycles. The van der Waals surface area contributed by atoms with Gasteiger partial charge < -0.3 is 19.8 Å². The first-order valence-corrected chi connectivity index (χ1v) is 12.9. The van der Waals surface area contributed by atoms with E-state index in [1.165, 1.54) is 4.57 Å². The number of nitrogens with one attached hydrogen (secondary N) is 2. The Labute approximate surface area is 232 Å². The first kappa shape index (κ1) is 28.2. The fraction of sp³-hybridized carbons (Fsp3) is 0.290. The minimum Gasteiger partial charge on any atom is -0.444 e. The Bertz CT molecular complexity index is 1590. The highest BCUT2D eigenvalue weighted by Crippen LogP contribution is 2.25. The van der Waals surface area contributed by atoms with Gasteiger partial charge in [0.25, 0.3) is 0 Å². The van der Waals surface area contributed by atoms with Crippen molar-refractivity contribution in [1.29, 1.82) is 5.26 Å². The summed E-state index contributed by atoms with van der Waals surface area (Å²) in [6.45, 7) is 5.30. The van der Waals surface area contributed by atoms with E-state index in [4.69, 9.17) is 9.15 Å². The number of ether oxygens (including phenoxy) is 1. The summed E-state index contributed by atoms with van der Waals surface area (Å²) in [6, 6.07) is 23.1. The molecule has 4 aromatic rings. The van der Waals surface area contributed by atoms with E-state index in [0.29, 0.717) is 17.5 Å². The molecule has 0 saturated carbocycles. The average Bonchev–Trinajstić information content (AvgIpc) is 3.20. The van der Waals surface area contributed by atoms with Crippen molar-refractivity contribution in [2.45, 2.75) is 51.3 Å².